The molecule has 2 atom stereocenters. The van der Waals surface area contributed by atoms with Gasteiger partial charge in [-0.15, -0.1) is 0 Å². The zero-order valence-electron chi connectivity index (χ0n) is 21.8. The molecule has 11 heteroatoms. The van der Waals surface area contributed by atoms with Crippen LogP contribution < -0.4 is 21.7 Å². The molecule has 0 heterocycles. The summed E-state index contributed by atoms with van der Waals surface area (Å²) in [6, 6.07) is -0.921. The van der Waals surface area contributed by atoms with Crippen LogP contribution in [-0.2, 0) is 19.2 Å². The minimum atomic E-state index is -0.845. The number of thiol groups is 1. The summed E-state index contributed by atoms with van der Waals surface area (Å²) in [4.78, 5) is 48.4. The molecule has 0 aliphatic rings. The van der Waals surface area contributed by atoms with Crippen molar-refractivity contribution in [2.45, 2.75) is 90.3 Å². The van der Waals surface area contributed by atoms with E-state index in [1.165, 1.54) is 4.90 Å². The largest absolute Gasteiger partial charge is 0.481 e. The third-order valence-corrected chi connectivity index (χ3v) is 5.21. The molecule has 6 N–H and O–H groups in total. The third kappa shape index (κ3) is 19.6. The number of nitrogens with zero attached hydrogens (tertiary/aromatic N) is 1. The number of carbonyl (C=O) groups excluding carboxylic acids is 3. The van der Waals surface area contributed by atoms with Crippen LogP contribution in [0.25, 0.3) is 0 Å². The molecule has 3 amide bonds. The molecule has 34 heavy (non-hydrogen) atoms. The molecule has 0 aromatic heterocycles. The van der Waals surface area contributed by atoms with E-state index in [1.807, 2.05) is 20.8 Å². The van der Waals surface area contributed by atoms with E-state index in [1.54, 1.807) is 14.1 Å². The van der Waals surface area contributed by atoms with Crippen LogP contribution in [0.2, 0.25) is 0 Å². The molecular weight excluding hydrogens is 458 g/mol. The highest BCUT2D eigenvalue weighted by atomic mass is 32.1. The zero-order valence-corrected chi connectivity index (χ0v) is 22.7. The fraction of sp³-hybridized carbons (Fsp3) is 0.826. The monoisotopic (exact) mass is 505 g/mol. The molecule has 0 aliphatic carbocycles. The highest BCUT2D eigenvalue weighted by molar-refractivity contribution is 7.80. The van der Waals surface area contributed by atoms with Crippen LogP contribution in [0.1, 0.15) is 72.6 Å². The lowest BCUT2D eigenvalue weighted by Crippen LogP contribution is -2.52. The van der Waals surface area contributed by atoms with Crippen LogP contribution in [0, 0.1) is 0 Å². The normalized spacial score (nSPS) is 12.6. The van der Waals surface area contributed by atoms with Crippen LogP contribution in [0.3, 0.4) is 0 Å². The van der Waals surface area contributed by atoms with E-state index in [0.29, 0.717) is 25.9 Å². The summed E-state index contributed by atoms with van der Waals surface area (Å²) >= 11 is 4.18. The van der Waals surface area contributed by atoms with Crippen LogP contribution in [0.4, 0.5) is 0 Å². The summed E-state index contributed by atoms with van der Waals surface area (Å²) in [6.07, 6.45) is 4.26. The molecule has 10 nitrogen and oxygen atoms in total. The van der Waals surface area contributed by atoms with Gasteiger partial charge in [0.05, 0.1) is 6.42 Å². The third-order valence-electron chi connectivity index (χ3n) is 4.90. The zero-order chi connectivity index (χ0) is 26.7. The first-order valence-electron chi connectivity index (χ1n) is 11.9. The number of unbranched alkanes of at least 4 members (excludes halogenated alkanes) is 2. The van der Waals surface area contributed by atoms with Crippen molar-refractivity contribution in [1.82, 2.24) is 20.9 Å². The maximum atomic E-state index is 12.7. The smallest absolute Gasteiger partial charge is 0.300 e. The number of nitrogens with one attached hydrogen (secondary N) is 3. The molecule has 0 radical (unpaired) electrons. The maximum Gasteiger partial charge on any atom is 0.300 e. The van der Waals surface area contributed by atoms with Gasteiger partial charge in [0.15, 0.2) is 0 Å². The average Bonchev–Trinajstić information content (AvgIpc) is 2.72. The van der Waals surface area contributed by atoms with E-state index < -0.39 is 17.6 Å². The summed E-state index contributed by atoms with van der Waals surface area (Å²) in [5.74, 6) is -0.752. The number of nitrogens with two attached hydrogens (primary N) is 1. The van der Waals surface area contributed by atoms with Gasteiger partial charge in [0.2, 0.25) is 17.7 Å². The molecule has 0 saturated carbocycles. The molecule has 2 unspecified atom stereocenters. The van der Waals surface area contributed by atoms with E-state index >= 15 is 0 Å². The molecule has 0 rings (SSSR count). The number of likely N-dealkylation sites (N-methyl/N-ethyl adjacent to an activating group) is 2. The molecule has 0 fully saturated rings. The van der Waals surface area contributed by atoms with Gasteiger partial charge in [-0.1, -0.05) is 13.3 Å². The summed E-state index contributed by atoms with van der Waals surface area (Å²) in [6.45, 7) is 7.94. The van der Waals surface area contributed by atoms with Crippen molar-refractivity contribution in [2.75, 3.05) is 32.9 Å². The van der Waals surface area contributed by atoms with Crippen molar-refractivity contribution in [3.8, 4) is 0 Å². The lowest BCUT2D eigenvalue weighted by Gasteiger charge is -2.29. The molecular formula is C23H47N5O5S. The van der Waals surface area contributed by atoms with Crippen molar-refractivity contribution in [3.63, 3.8) is 0 Å². The van der Waals surface area contributed by atoms with E-state index in [2.05, 4.69) is 28.6 Å². The Kier molecular flexibility index (Phi) is 19.6. The van der Waals surface area contributed by atoms with Crippen molar-refractivity contribution >= 4 is 36.3 Å². The lowest BCUT2D eigenvalue weighted by atomic mass is 9.95. The topological polar surface area (TPSA) is 154 Å². The van der Waals surface area contributed by atoms with Gasteiger partial charge in [-0.25, -0.2) is 0 Å². The SMILES string of the molecule is CC(=O)O.CCC(CC(C)(C)N)NC(=O)CC(C(=O)NCCNC)N(C)C(=O)CCCCCS. The average molecular weight is 506 g/mol. The van der Waals surface area contributed by atoms with Gasteiger partial charge in [0.1, 0.15) is 6.04 Å². The number of aliphatic carboxylic acids is 1. The summed E-state index contributed by atoms with van der Waals surface area (Å²) in [5.41, 5.74) is 5.68. The van der Waals surface area contributed by atoms with Gasteiger partial charge in [-0.2, -0.15) is 12.6 Å². The lowest BCUT2D eigenvalue weighted by molar-refractivity contribution is -0.141. The first-order chi connectivity index (χ1) is 15.8. The van der Waals surface area contributed by atoms with E-state index in [4.69, 9.17) is 15.6 Å². The highest BCUT2D eigenvalue weighted by Crippen LogP contribution is 2.13. The second-order valence-corrected chi connectivity index (χ2v) is 9.49. The highest BCUT2D eigenvalue weighted by Gasteiger charge is 2.30. The number of hydrogen-bond donors (Lipinski definition) is 6. The Morgan fingerprint density at radius 3 is 2.18 bits per heavy atom. The first kappa shape index (κ1) is 34.3. The Morgan fingerprint density at radius 1 is 1.12 bits per heavy atom. The van der Waals surface area contributed by atoms with Crippen LogP contribution in [0.15, 0.2) is 0 Å². The molecule has 0 aromatic carbocycles. The molecule has 0 bridgehead atoms. The van der Waals surface area contributed by atoms with Crippen LogP contribution in [0.5, 0.6) is 0 Å². The van der Waals surface area contributed by atoms with E-state index in [-0.39, 0.29) is 30.2 Å². The Morgan fingerprint density at radius 2 is 1.71 bits per heavy atom. The Bertz CT molecular complexity index is 609. The first-order valence-corrected chi connectivity index (χ1v) is 12.5. The van der Waals surface area contributed by atoms with Gasteiger partial charge < -0.3 is 31.7 Å². The minimum absolute atomic E-state index is 0.0762. The molecule has 200 valence electrons. The molecule has 0 saturated heterocycles. The van der Waals surface area contributed by atoms with Crippen LogP contribution >= 0.6 is 12.6 Å². The number of amides is 3. The predicted octanol–water partition coefficient (Wildman–Crippen LogP) is 1.14. The summed E-state index contributed by atoms with van der Waals surface area (Å²) in [5, 5.41) is 16.1. The van der Waals surface area contributed by atoms with Crippen LogP contribution in [-0.4, -0.2) is 84.3 Å². The minimum Gasteiger partial charge on any atom is -0.481 e. The van der Waals surface area contributed by atoms with Crippen molar-refractivity contribution in [1.29, 1.82) is 0 Å². The predicted molar refractivity (Wildman–Crippen MR) is 139 cm³/mol. The van der Waals surface area contributed by atoms with E-state index in [0.717, 1.165) is 38.4 Å². The Balaban J connectivity index is 0. The number of carbonyl (C=O) groups is 4. The van der Waals surface area contributed by atoms with Gasteiger partial charge >= 0.3 is 0 Å². The van der Waals surface area contributed by atoms with Gasteiger partial charge in [-0.3, -0.25) is 19.2 Å². The second-order valence-electron chi connectivity index (χ2n) is 9.04. The van der Waals surface area contributed by atoms with Gasteiger partial charge in [0, 0.05) is 45.1 Å². The fourth-order valence-electron chi connectivity index (χ4n) is 3.14. The van der Waals surface area contributed by atoms with Gasteiger partial charge in [-0.05, 0) is 52.3 Å². The quantitative estimate of drug-likeness (QED) is 0.136. The summed E-state index contributed by atoms with van der Waals surface area (Å²) < 4.78 is 0. The van der Waals surface area contributed by atoms with Crippen molar-refractivity contribution in [3.05, 3.63) is 0 Å². The van der Waals surface area contributed by atoms with Crippen molar-refractivity contribution < 1.29 is 24.3 Å². The number of carboxylic acid groups (broad SMARTS) is 1. The van der Waals surface area contributed by atoms with Gasteiger partial charge in [0.25, 0.3) is 5.97 Å². The molecule has 0 spiro atoms. The summed E-state index contributed by atoms with van der Waals surface area (Å²) in [7, 11) is 3.39. The van der Waals surface area contributed by atoms with Crippen molar-refractivity contribution in [2.24, 2.45) is 5.73 Å². The fourth-order valence-corrected chi connectivity index (χ4v) is 3.37. The Hall–Kier alpha value is -1.85. The molecule has 0 aromatic rings. The number of carboxylic acids is 1. The Labute approximate surface area is 210 Å². The number of rotatable bonds is 16. The number of hydrogen-bond acceptors (Lipinski definition) is 7. The standard InChI is InChI=1S/C21H43N5O3S.C2H4O2/c1-6-16(15-21(2,3)22)25-18(27)14-17(20(29)24-12-11-23-4)26(5)19(28)10-8-7-9-13-30;1-2(3)4/h16-17,23,30H,6-15,22H2,1-5H3,(H,24,29)(H,25,27);1H3,(H,3,4). The van der Waals surface area contributed by atoms with E-state index in [9.17, 15) is 14.4 Å². The maximum absolute atomic E-state index is 12.7. The molecule has 0 aliphatic heterocycles. The second kappa shape index (κ2) is 19.5.